The minimum Gasteiger partial charge on any atom is -0.100 e. The molecule has 14 heavy (non-hydrogen) atoms. The lowest BCUT2D eigenvalue weighted by atomic mass is 9.75. The Morgan fingerprint density at radius 2 is 1.71 bits per heavy atom. The van der Waals surface area contributed by atoms with Gasteiger partial charge >= 0.3 is 0 Å². The van der Waals surface area contributed by atoms with E-state index in [0.717, 1.165) is 12.3 Å². The van der Waals surface area contributed by atoms with Crippen LogP contribution in [-0.2, 0) is 0 Å². The van der Waals surface area contributed by atoms with E-state index in [2.05, 4.69) is 27.0 Å². The van der Waals surface area contributed by atoms with Crippen LogP contribution >= 0.6 is 0 Å². The number of hydrogen-bond donors (Lipinski definition) is 0. The van der Waals surface area contributed by atoms with E-state index in [1.54, 1.807) is 0 Å². The molecule has 1 unspecified atom stereocenters. The predicted octanol–water partition coefficient (Wildman–Crippen LogP) is 4.73. The van der Waals surface area contributed by atoms with Crippen LogP contribution in [0.2, 0.25) is 0 Å². The average molecular weight is 192 g/mol. The number of hydrogen-bond acceptors (Lipinski definition) is 0. The molecule has 1 atom stereocenters. The summed E-state index contributed by atoms with van der Waals surface area (Å²) in [5.74, 6) is 1.59. The molecule has 0 N–H and O–H groups in total. The molecule has 0 radical (unpaired) electrons. The van der Waals surface area contributed by atoms with Crippen molar-refractivity contribution in [1.82, 2.24) is 0 Å². The Balaban J connectivity index is 2.56. The lowest BCUT2D eigenvalue weighted by molar-refractivity contribution is 0.275. The van der Waals surface area contributed by atoms with Crippen LogP contribution in [0.15, 0.2) is 24.3 Å². The van der Waals surface area contributed by atoms with Gasteiger partial charge in [0.25, 0.3) is 0 Å². The van der Waals surface area contributed by atoms with Crippen molar-refractivity contribution in [2.75, 3.05) is 0 Å². The summed E-state index contributed by atoms with van der Waals surface area (Å²) in [6, 6.07) is 0. The molecular weight excluding hydrogens is 168 g/mol. The molecule has 0 saturated heterocycles. The summed E-state index contributed by atoms with van der Waals surface area (Å²) in [5, 5.41) is 0. The summed E-state index contributed by atoms with van der Waals surface area (Å²) in [5.41, 5.74) is 2.67. The molecule has 0 aromatic carbocycles. The Morgan fingerprint density at radius 1 is 1.14 bits per heavy atom. The molecule has 0 bridgehead atoms. The first kappa shape index (κ1) is 11.6. The van der Waals surface area contributed by atoms with Crippen LogP contribution in [0.4, 0.5) is 0 Å². The van der Waals surface area contributed by atoms with Crippen molar-refractivity contribution < 1.29 is 0 Å². The van der Waals surface area contributed by atoms with E-state index in [1.165, 1.54) is 43.3 Å². The van der Waals surface area contributed by atoms with E-state index in [1.807, 2.05) is 0 Å². The van der Waals surface area contributed by atoms with Gasteiger partial charge in [0, 0.05) is 0 Å². The summed E-state index contributed by atoms with van der Waals surface area (Å²) in [4.78, 5) is 0. The van der Waals surface area contributed by atoms with Crippen molar-refractivity contribution in [3.05, 3.63) is 24.3 Å². The molecule has 1 saturated carbocycles. The van der Waals surface area contributed by atoms with Crippen LogP contribution in [0.25, 0.3) is 0 Å². The molecule has 1 aliphatic rings. The first-order chi connectivity index (χ1) is 6.61. The van der Waals surface area contributed by atoms with E-state index in [4.69, 9.17) is 0 Å². The molecule has 80 valence electrons. The van der Waals surface area contributed by atoms with E-state index in [9.17, 15) is 0 Å². The molecule has 1 aliphatic carbocycles. The monoisotopic (exact) mass is 192 g/mol. The fourth-order valence-corrected chi connectivity index (χ4v) is 2.66. The molecule has 0 heterocycles. The van der Waals surface area contributed by atoms with Gasteiger partial charge in [-0.2, -0.15) is 0 Å². The highest BCUT2D eigenvalue weighted by Crippen LogP contribution is 2.36. The SMILES string of the molecule is C=C(C)CC(C(=C)C)C1CCCCC1. The third kappa shape index (κ3) is 3.32. The van der Waals surface area contributed by atoms with Gasteiger partial charge in [-0.15, -0.1) is 6.58 Å². The maximum Gasteiger partial charge on any atom is -0.0143 e. The summed E-state index contributed by atoms with van der Waals surface area (Å²) >= 11 is 0. The molecule has 0 aliphatic heterocycles. The second-order valence-corrected chi connectivity index (χ2v) is 5.01. The molecule has 0 heteroatoms. The number of rotatable bonds is 4. The molecule has 0 spiro atoms. The van der Waals surface area contributed by atoms with Crippen LogP contribution < -0.4 is 0 Å². The third-order valence-corrected chi connectivity index (χ3v) is 3.42. The van der Waals surface area contributed by atoms with Gasteiger partial charge in [0.15, 0.2) is 0 Å². The highest BCUT2D eigenvalue weighted by atomic mass is 14.3. The fraction of sp³-hybridized carbons (Fsp3) is 0.714. The standard InChI is InChI=1S/C14H24/c1-11(2)10-14(12(3)4)13-8-6-5-7-9-13/h13-14H,1,3,5-10H2,2,4H3. The van der Waals surface area contributed by atoms with Crippen LogP contribution in [-0.4, -0.2) is 0 Å². The van der Waals surface area contributed by atoms with Gasteiger partial charge in [-0.25, -0.2) is 0 Å². The van der Waals surface area contributed by atoms with Crippen molar-refractivity contribution in [3.8, 4) is 0 Å². The van der Waals surface area contributed by atoms with Crippen LogP contribution in [0.5, 0.6) is 0 Å². The van der Waals surface area contributed by atoms with Crippen molar-refractivity contribution in [2.45, 2.75) is 52.4 Å². The quantitative estimate of drug-likeness (QED) is 0.565. The highest BCUT2D eigenvalue weighted by Gasteiger charge is 2.23. The molecule has 1 rings (SSSR count). The highest BCUT2D eigenvalue weighted by molar-refractivity contribution is 5.05. The Bertz CT molecular complexity index is 206. The zero-order chi connectivity index (χ0) is 10.6. The maximum absolute atomic E-state index is 4.14. The first-order valence-corrected chi connectivity index (χ1v) is 5.91. The van der Waals surface area contributed by atoms with Gasteiger partial charge in [-0.3, -0.25) is 0 Å². The Labute approximate surface area is 89.1 Å². The Morgan fingerprint density at radius 3 is 2.14 bits per heavy atom. The summed E-state index contributed by atoms with van der Waals surface area (Å²) in [6.07, 6.45) is 8.25. The van der Waals surface area contributed by atoms with Gasteiger partial charge in [-0.05, 0) is 44.9 Å². The third-order valence-electron chi connectivity index (χ3n) is 3.42. The summed E-state index contributed by atoms with van der Waals surface area (Å²) < 4.78 is 0. The van der Waals surface area contributed by atoms with Gasteiger partial charge in [0.05, 0.1) is 0 Å². The predicted molar refractivity (Wildman–Crippen MR) is 64.3 cm³/mol. The van der Waals surface area contributed by atoms with E-state index in [0.29, 0.717) is 5.92 Å². The van der Waals surface area contributed by atoms with E-state index in [-0.39, 0.29) is 0 Å². The molecule has 0 aromatic rings. The zero-order valence-corrected chi connectivity index (χ0v) is 9.81. The first-order valence-electron chi connectivity index (χ1n) is 5.91. The molecular formula is C14H24. The van der Waals surface area contributed by atoms with Gasteiger partial charge in [0.1, 0.15) is 0 Å². The largest absolute Gasteiger partial charge is 0.100 e. The minimum absolute atomic E-state index is 0.702. The van der Waals surface area contributed by atoms with Gasteiger partial charge < -0.3 is 0 Å². The van der Waals surface area contributed by atoms with E-state index >= 15 is 0 Å². The summed E-state index contributed by atoms with van der Waals surface area (Å²) in [7, 11) is 0. The van der Waals surface area contributed by atoms with Crippen molar-refractivity contribution in [2.24, 2.45) is 11.8 Å². The fourth-order valence-electron chi connectivity index (χ4n) is 2.66. The Hall–Kier alpha value is -0.520. The average Bonchev–Trinajstić information content (AvgIpc) is 2.15. The van der Waals surface area contributed by atoms with Crippen molar-refractivity contribution >= 4 is 0 Å². The molecule has 0 nitrogen and oxygen atoms in total. The molecule has 1 fully saturated rings. The topological polar surface area (TPSA) is 0 Å². The van der Waals surface area contributed by atoms with Gasteiger partial charge in [0.2, 0.25) is 0 Å². The Kier molecular flexibility index (Phi) is 4.44. The summed E-state index contributed by atoms with van der Waals surface area (Å²) in [6.45, 7) is 12.5. The smallest absolute Gasteiger partial charge is 0.0143 e. The second-order valence-electron chi connectivity index (χ2n) is 5.01. The van der Waals surface area contributed by atoms with E-state index < -0.39 is 0 Å². The van der Waals surface area contributed by atoms with Crippen LogP contribution in [0.1, 0.15) is 52.4 Å². The van der Waals surface area contributed by atoms with Crippen molar-refractivity contribution in [1.29, 1.82) is 0 Å². The van der Waals surface area contributed by atoms with Gasteiger partial charge in [-0.1, -0.05) is 37.0 Å². The van der Waals surface area contributed by atoms with Crippen LogP contribution in [0, 0.1) is 11.8 Å². The lowest BCUT2D eigenvalue weighted by Crippen LogP contribution is -2.19. The second kappa shape index (κ2) is 5.38. The maximum atomic E-state index is 4.14. The van der Waals surface area contributed by atoms with Crippen molar-refractivity contribution in [3.63, 3.8) is 0 Å². The normalized spacial score (nSPS) is 20.4. The lowest BCUT2D eigenvalue weighted by Gasteiger charge is -2.31. The van der Waals surface area contributed by atoms with Crippen LogP contribution in [0.3, 0.4) is 0 Å². The number of allylic oxidation sites excluding steroid dienone is 2. The molecule has 0 aromatic heterocycles. The molecule has 0 amide bonds. The zero-order valence-electron chi connectivity index (χ0n) is 9.81. The minimum atomic E-state index is 0.702.